The third-order valence-corrected chi connectivity index (χ3v) is 3.45. The van der Waals surface area contributed by atoms with Crippen molar-refractivity contribution in [2.75, 3.05) is 5.75 Å². The smallest absolute Gasteiger partial charge is 0.265 e. The zero-order valence-corrected chi connectivity index (χ0v) is 11.1. The van der Waals surface area contributed by atoms with Crippen LogP contribution >= 0.6 is 11.8 Å². The molecule has 0 aliphatic carbocycles. The molecule has 1 aromatic carbocycles. The van der Waals surface area contributed by atoms with Gasteiger partial charge in [-0.1, -0.05) is 0 Å². The standard InChI is InChI=1S/C12H18FN3OS/c1-8(14)4-5-18-7-10-6-9(12(17)16-15)2-3-11(10)13/h2-3,6,8H,4-5,7,14-15H2,1H3,(H,16,17). The number of amides is 1. The lowest BCUT2D eigenvalue weighted by Crippen LogP contribution is -2.30. The van der Waals surface area contributed by atoms with Gasteiger partial charge in [-0.3, -0.25) is 10.2 Å². The van der Waals surface area contributed by atoms with Crippen LogP contribution in [-0.2, 0) is 5.75 Å². The van der Waals surface area contributed by atoms with Gasteiger partial charge in [-0.25, -0.2) is 10.2 Å². The number of carbonyl (C=O) groups excluding carboxylic acids is 1. The van der Waals surface area contributed by atoms with Gasteiger partial charge < -0.3 is 5.73 Å². The van der Waals surface area contributed by atoms with E-state index in [9.17, 15) is 9.18 Å². The topological polar surface area (TPSA) is 81.1 Å². The second kappa shape index (κ2) is 7.35. The van der Waals surface area contributed by atoms with Crippen LogP contribution in [0.3, 0.4) is 0 Å². The lowest BCUT2D eigenvalue weighted by molar-refractivity contribution is 0.0953. The number of hydrazine groups is 1. The summed E-state index contributed by atoms with van der Waals surface area (Å²) in [7, 11) is 0. The third-order valence-electron chi connectivity index (χ3n) is 2.41. The molecule has 0 saturated heterocycles. The fourth-order valence-corrected chi connectivity index (χ4v) is 2.49. The molecule has 1 atom stereocenters. The van der Waals surface area contributed by atoms with Crippen LogP contribution in [0.25, 0.3) is 0 Å². The fraction of sp³-hybridized carbons (Fsp3) is 0.417. The molecule has 18 heavy (non-hydrogen) atoms. The Balaban J connectivity index is 2.61. The van der Waals surface area contributed by atoms with Gasteiger partial charge in [0, 0.05) is 17.4 Å². The van der Waals surface area contributed by atoms with Crippen LogP contribution in [-0.4, -0.2) is 17.7 Å². The zero-order valence-electron chi connectivity index (χ0n) is 10.3. The van der Waals surface area contributed by atoms with E-state index in [0.717, 1.165) is 12.2 Å². The lowest BCUT2D eigenvalue weighted by atomic mass is 10.1. The molecule has 1 unspecified atom stereocenters. The van der Waals surface area contributed by atoms with E-state index in [0.29, 0.717) is 16.9 Å². The number of nitrogen functional groups attached to an aromatic ring is 1. The van der Waals surface area contributed by atoms with Crippen LogP contribution in [0.2, 0.25) is 0 Å². The summed E-state index contributed by atoms with van der Waals surface area (Å²) in [6.07, 6.45) is 0.884. The van der Waals surface area contributed by atoms with Crippen molar-refractivity contribution in [1.82, 2.24) is 5.43 Å². The highest BCUT2D eigenvalue weighted by molar-refractivity contribution is 7.98. The number of rotatable bonds is 6. The molecule has 5 N–H and O–H groups in total. The van der Waals surface area contributed by atoms with Crippen LogP contribution in [0.4, 0.5) is 4.39 Å². The van der Waals surface area contributed by atoms with Gasteiger partial charge in [-0.05, 0) is 42.9 Å². The zero-order chi connectivity index (χ0) is 13.5. The summed E-state index contributed by atoms with van der Waals surface area (Å²) in [6.45, 7) is 1.94. The maximum absolute atomic E-state index is 13.5. The SMILES string of the molecule is CC(N)CCSCc1cc(C(=O)NN)ccc1F. The number of hydrogen-bond acceptors (Lipinski definition) is 4. The molecule has 0 aromatic heterocycles. The summed E-state index contributed by atoms with van der Waals surface area (Å²) in [4.78, 5) is 11.3. The van der Waals surface area contributed by atoms with Gasteiger partial charge in [0.2, 0.25) is 0 Å². The van der Waals surface area contributed by atoms with Gasteiger partial charge >= 0.3 is 0 Å². The molecule has 0 aliphatic rings. The van der Waals surface area contributed by atoms with Crippen molar-refractivity contribution in [3.63, 3.8) is 0 Å². The van der Waals surface area contributed by atoms with E-state index in [2.05, 4.69) is 0 Å². The molecule has 6 heteroatoms. The van der Waals surface area contributed by atoms with Crippen LogP contribution in [0.1, 0.15) is 29.3 Å². The molecule has 0 heterocycles. The Morgan fingerprint density at radius 2 is 2.28 bits per heavy atom. The van der Waals surface area contributed by atoms with E-state index >= 15 is 0 Å². The molecule has 1 rings (SSSR count). The number of halogens is 1. The highest BCUT2D eigenvalue weighted by Crippen LogP contribution is 2.18. The van der Waals surface area contributed by atoms with Crippen molar-refractivity contribution in [2.45, 2.75) is 25.1 Å². The molecule has 100 valence electrons. The summed E-state index contributed by atoms with van der Waals surface area (Å²) in [6, 6.07) is 4.37. The average molecular weight is 271 g/mol. The van der Waals surface area contributed by atoms with E-state index in [1.54, 1.807) is 11.8 Å². The van der Waals surface area contributed by atoms with Crippen LogP contribution in [0.5, 0.6) is 0 Å². The maximum atomic E-state index is 13.5. The van der Waals surface area contributed by atoms with Gasteiger partial charge in [-0.15, -0.1) is 0 Å². The Bertz CT molecular complexity index is 412. The first-order chi connectivity index (χ1) is 8.54. The Hall–Kier alpha value is -1.11. The quantitative estimate of drug-likeness (QED) is 0.316. The highest BCUT2D eigenvalue weighted by atomic mass is 32.2. The molecular weight excluding hydrogens is 253 g/mol. The first-order valence-electron chi connectivity index (χ1n) is 5.67. The number of hydrogen-bond donors (Lipinski definition) is 3. The van der Waals surface area contributed by atoms with E-state index < -0.39 is 5.91 Å². The van der Waals surface area contributed by atoms with Gasteiger partial charge in [0.1, 0.15) is 5.82 Å². The minimum atomic E-state index is -0.420. The van der Waals surface area contributed by atoms with Gasteiger partial charge in [0.25, 0.3) is 5.91 Å². The van der Waals surface area contributed by atoms with Crippen LogP contribution in [0, 0.1) is 5.82 Å². The number of carbonyl (C=O) groups is 1. The minimum Gasteiger partial charge on any atom is -0.328 e. The van der Waals surface area contributed by atoms with Crippen LogP contribution < -0.4 is 17.0 Å². The molecule has 0 saturated carbocycles. The Labute approximate surface area is 110 Å². The third kappa shape index (κ3) is 4.64. The van der Waals surface area contributed by atoms with E-state index in [-0.39, 0.29) is 11.9 Å². The van der Waals surface area contributed by atoms with Crippen molar-refractivity contribution < 1.29 is 9.18 Å². The minimum absolute atomic E-state index is 0.150. The van der Waals surface area contributed by atoms with E-state index in [4.69, 9.17) is 11.6 Å². The Kier molecular flexibility index (Phi) is 6.11. The maximum Gasteiger partial charge on any atom is 0.265 e. The number of thioether (sulfide) groups is 1. The molecule has 4 nitrogen and oxygen atoms in total. The highest BCUT2D eigenvalue weighted by Gasteiger charge is 2.08. The predicted molar refractivity (Wildman–Crippen MR) is 72.5 cm³/mol. The first-order valence-corrected chi connectivity index (χ1v) is 6.82. The van der Waals surface area contributed by atoms with Gasteiger partial charge in [-0.2, -0.15) is 11.8 Å². The first kappa shape index (κ1) is 14.9. The molecule has 0 spiro atoms. The van der Waals surface area contributed by atoms with Crippen molar-refractivity contribution in [2.24, 2.45) is 11.6 Å². The van der Waals surface area contributed by atoms with Crippen molar-refractivity contribution in [3.05, 3.63) is 35.1 Å². The molecule has 0 bridgehead atoms. The molecule has 0 radical (unpaired) electrons. The molecule has 1 aromatic rings. The number of benzene rings is 1. The van der Waals surface area contributed by atoms with E-state index in [1.165, 1.54) is 18.2 Å². The van der Waals surface area contributed by atoms with Crippen LogP contribution in [0.15, 0.2) is 18.2 Å². The largest absolute Gasteiger partial charge is 0.328 e. The molecule has 0 fully saturated rings. The lowest BCUT2D eigenvalue weighted by Gasteiger charge is -2.07. The summed E-state index contributed by atoms with van der Waals surface area (Å²) in [5.74, 6) is 5.69. The average Bonchev–Trinajstić information content (AvgIpc) is 2.35. The molecule has 1 amide bonds. The second-order valence-electron chi connectivity index (χ2n) is 4.10. The van der Waals surface area contributed by atoms with Crippen molar-refractivity contribution in [3.8, 4) is 0 Å². The Morgan fingerprint density at radius 3 is 2.89 bits per heavy atom. The molecular formula is C12H18FN3OS. The summed E-state index contributed by atoms with van der Waals surface area (Å²) < 4.78 is 13.5. The van der Waals surface area contributed by atoms with Gasteiger partial charge in [0.05, 0.1) is 0 Å². The van der Waals surface area contributed by atoms with E-state index in [1.807, 2.05) is 12.3 Å². The van der Waals surface area contributed by atoms with Crippen molar-refractivity contribution in [1.29, 1.82) is 0 Å². The normalized spacial score (nSPS) is 12.2. The molecule has 0 aliphatic heterocycles. The number of nitrogens with one attached hydrogen (secondary N) is 1. The van der Waals surface area contributed by atoms with Crippen molar-refractivity contribution >= 4 is 17.7 Å². The second-order valence-corrected chi connectivity index (χ2v) is 5.20. The Morgan fingerprint density at radius 1 is 1.56 bits per heavy atom. The predicted octanol–water partition coefficient (Wildman–Crippen LogP) is 1.40. The van der Waals surface area contributed by atoms with Gasteiger partial charge in [0.15, 0.2) is 0 Å². The summed E-state index contributed by atoms with van der Waals surface area (Å²) in [5, 5.41) is 0. The fourth-order valence-electron chi connectivity index (χ4n) is 1.36. The number of nitrogens with two attached hydrogens (primary N) is 2. The summed E-state index contributed by atoms with van der Waals surface area (Å²) >= 11 is 1.59. The monoisotopic (exact) mass is 271 g/mol. The summed E-state index contributed by atoms with van der Waals surface area (Å²) in [5.41, 5.74) is 8.52.